The van der Waals surface area contributed by atoms with Crippen LogP contribution in [0.1, 0.15) is 50.8 Å². The van der Waals surface area contributed by atoms with Gasteiger partial charge in [-0.1, -0.05) is 12.1 Å². The standard InChI is InChI=1S/C23H24F3N5O/c1-22(2,32)15-6-8-17(9-7-15)28-19-10-11-20-29-18(13-27)21(31(20)30-19)14-4-3-5-16(12-14)23(24,25)26/h3-5,10-12,15,17,32H,6-9H2,1-2H3,(H,28,30)/t15-,17-. The fourth-order valence-electron chi connectivity index (χ4n) is 4.34. The van der Waals surface area contributed by atoms with E-state index in [1.807, 2.05) is 19.9 Å². The van der Waals surface area contributed by atoms with Gasteiger partial charge in [0.2, 0.25) is 0 Å². The van der Waals surface area contributed by atoms with Crippen LogP contribution in [0.3, 0.4) is 0 Å². The first-order valence-electron chi connectivity index (χ1n) is 10.5. The molecule has 0 amide bonds. The van der Waals surface area contributed by atoms with Crippen LogP contribution in [-0.2, 0) is 6.18 Å². The Morgan fingerprint density at radius 2 is 1.84 bits per heavy atom. The maximum Gasteiger partial charge on any atom is 0.416 e. The molecule has 1 aromatic carbocycles. The van der Waals surface area contributed by atoms with E-state index in [1.54, 1.807) is 12.1 Å². The number of aromatic nitrogens is 3. The number of imidazole rings is 1. The number of fused-ring (bicyclic) bond motifs is 1. The van der Waals surface area contributed by atoms with E-state index in [9.17, 15) is 23.5 Å². The summed E-state index contributed by atoms with van der Waals surface area (Å²) in [4.78, 5) is 4.23. The van der Waals surface area contributed by atoms with Crippen LogP contribution in [0.5, 0.6) is 0 Å². The lowest BCUT2D eigenvalue weighted by molar-refractivity contribution is -0.137. The zero-order valence-corrected chi connectivity index (χ0v) is 17.8. The van der Waals surface area contributed by atoms with Gasteiger partial charge in [-0.15, -0.1) is 5.10 Å². The topological polar surface area (TPSA) is 86.2 Å². The molecule has 6 nitrogen and oxygen atoms in total. The summed E-state index contributed by atoms with van der Waals surface area (Å²) < 4.78 is 41.0. The van der Waals surface area contributed by atoms with Crippen molar-refractivity contribution in [2.75, 3.05) is 5.32 Å². The molecule has 9 heteroatoms. The number of benzene rings is 1. The predicted molar refractivity (Wildman–Crippen MR) is 114 cm³/mol. The summed E-state index contributed by atoms with van der Waals surface area (Å²) in [7, 11) is 0. The number of alkyl halides is 3. The summed E-state index contributed by atoms with van der Waals surface area (Å²) in [5, 5.41) is 27.7. The molecular weight excluding hydrogens is 419 g/mol. The lowest BCUT2D eigenvalue weighted by Gasteiger charge is -2.36. The summed E-state index contributed by atoms with van der Waals surface area (Å²) >= 11 is 0. The van der Waals surface area contributed by atoms with Gasteiger partial charge < -0.3 is 10.4 Å². The molecule has 1 aliphatic carbocycles. The highest BCUT2D eigenvalue weighted by Gasteiger charge is 2.32. The van der Waals surface area contributed by atoms with Crippen molar-refractivity contribution >= 4 is 11.5 Å². The van der Waals surface area contributed by atoms with E-state index in [4.69, 9.17) is 0 Å². The maximum absolute atomic E-state index is 13.2. The first-order chi connectivity index (χ1) is 15.1. The number of nitriles is 1. The normalized spacial score (nSPS) is 19.7. The Labute approximate surface area is 183 Å². The Hall–Kier alpha value is -3.12. The van der Waals surface area contributed by atoms with Crippen molar-refractivity contribution in [3.05, 3.63) is 47.7 Å². The summed E-state index contributed by atoms with van der Waals surface area (Å²) in [5.41, 5.74) is -0.661. The predicted octanol–water partition coefficient (Wildman–Crippen LogP) is 5.03. The van der Waals surface area contributed by atoms with Crippen LogP contribution in [0.2, 0.25) is 0 Å². The number of halogens is 3. The van der Waals surface area contributed by atoms with E-state index in [-0.39, 0.29) is 28.9 Å². The van der Waals surface area contributed by atoms with Crippen LogP contribution in [0.15, 0.2) is 36.4 Å². The zero-order valence-electron chi connectivity index (χ0n) is 17.8. The third kappa shape index (κ3) is 4.41. The third-order valence-electron chi connectivity index (χ3n) is 6.12. The second-order valence-corrected chi connectivity index (χ2v) is 8.83. The molecule has 168 valence electrons. The molecule has 1 aliphatic rings. The van der Waals surface area contributed by atoms with Gasteiger partial charge in [0.1, 0.15) is 17.6 Å². The average molecular weight is 443 g/mol. The molecule has 0 spiro atoms. The minimum atomic E-state index is -4.49. The van der Waals surface area contributed by atoms with E-state index >= 15 is 0 Å². The molecule has 3 aromatic rings. The molecule has 32 heavy (non-hydrogen) atoms. The second-order valence-electron chi connectivity index (χ2n) is 8.83. The molecule has 2 heterocycles. The van der Waals surface area contributed by atoms with E-state index in [0.717, 1.165) is 37.8 Å². The van der Waals surface area contributed by atoms with Gasteiger partial charge in [0.15, 0.2) is 11.3 Å². The van der Waals surface area contributed by atoms with Crippen molar-refractivity contribution in [2.24, 2.45) is 5.92 Å². The number of nitrogens with one attached hydrogen (secondary N) is 1. The quantitative estimate of drug-likeness (QED) is 0.591. The zero-order chi connectivity index (χ0) is 23.1. The molecule has 0 bridgehead atoms. The van der Waals surface area contributed by atoms with Crippen molar-refractivity contribution in [3.63, 3.8) is 0 Å². The highest BCUT2D eigenvalue weighted by Crippen LogP contribution is 2.35. The van der Waals surface area contributed by atoms with Gasteiger partial charge in [-0.05, 0) is 69.7 Å². The van der Waals surface area contributed by atoms with Gasteiger partial charge in [0, 0.05) is 11.6 Å². The Morgan fingerprint density at radius 1 is 1.12 bits per heavy atom. The molecule has 2 aromatic heterocycles. The van der Waals surface area contributed by atoms with Crippen LogP contribution >= 0.6 is 0 Å². The number of anilines is 1. The molecule has 0 radical (unpaired) electrons. The number of rotatable bonds is 4. The molecule has 0 saturated heterocycles. The number of aliphatic hydroxyl groups is 1. The Morgan fingerprint density at radius 3 is 2.47 bits per heavy atom. The van der Waals surface area contributed by atoms with Crippen molar-refractivity contribution in [1.82, 2.24) is 14.6 Å². The molecule has 4 rings (SSSR count). The molecule has 0 unspecified atom stereocenters. The SMILES string of the molecule is CC(C)(O)[C@H]1CC[C@H](Nc2ccc3nc(C#N)c(-c4cccc(C(F)(F)F)c4)n3n2)CC1. The number of nitrogens with zero attached hydrogens (tertiary/aromatic N) is 4. The number of hydrogen-bond acceptors (Lipinski definition) is 5. The summed E-state index contributed by atoms with van der Waals surface area (Å²) in [6.07, 6.45) is -0.957. The summed E-state index contributed by atoms with van der Waals surface area (Å²) in [6.45, 7) is 3.67. The lowest BCUT2D eigenvalue weighted by Crippen LogP contribution is -2.37. The minimum absolute atomic E-state index is 0.0136. The third-order valence-corrected chi connectivity index (χ3v) is 6.12. The fourth-order valence-corrected chi connectivity index (χ4v) is 4.34. The second kappa shape index (κ2) is 8.10. The van der Waals surface area contributed by atoms with E-state index < -0.39 is 17.3 Å². The van der Waals surface area contributed by atoms with Gasteiger partial charge in [0.05, 0.1) is 11.2 Å². The molecule has 2 N–H and O–H groups in total. The van der Waals surface area contributed by atoms with Crippen LogP contribution in [0.4, 0.5) is 19.0 Å². The van der Waals surface area contributed by atoms with Gasteiger partial charge in [-0.2, -0.15) is 18.4 Å². The van der Waals surface area contributed by atoms with Gasteiger partial charge >= 0.3 is 6.18 Å². The minimum Gasteiger partial charge on any atom is -0.390 e. The number of hydrogen-bond donors (Lipinski definition) is 2. The van der Waals surface area contributed by atoms with Crippen LogP contribution in [-0.4, -0.2) is 31.3 Å². The Balaban J connectivity index is 1.65. The molecule has 1 saturated carbocycles. The molecular formula is C23H24F3N5O. The van der Waals surface area contributed by atoms with E-state index in [0.29, 0.717) is 11.5 Å². The first-order valence-corrected chi connectivity index (χ1v) is 10.5. The largest absolute Gasteiger partial charge is 0.416 e. The van der Waals surface area contributed by atoms with Crippen LogP contribution in [0.25, 0.3) is 16.9 Å². The Kier molecular flexibility index (Phi) is 5.59. The average Bonchev–Trinajstić information content (AvgIpc) is 3.11. The van der Waals surface area contributed by atoms with Crippen molar-refractivity contribution < 1.29 is 18.3 Å². The first kappa shape index (κ1) is 22.1. The maximum atomic E-state index is 13.2. The highest BCUT2D eigenvalue weighted by molar-refractivity contribution is 5.70. The van der Waals surface area contributed by atoms with Crippen molar-refractivity contribution in [1.29, 1.82) is 5.26 Å². The van der Waals surface area contributed by atoms with Crippen molar-refractivity contribution in [3.8, 4) is 17.3 Å². The smallest absolute Gasteiger partial charge is 0.390 e. The van der Waals surface area contributed by atoms with Crippen LogP contribution in [0, 0.1) is 17.2 Å². The Bertz CT molecular complexity index is 1170. The lowest BCUT2D eigenvalue weighted by atomic mass is 9.77. The summed E-state index contributed by atoms with van der Waals surface area (Å²) in [5.74, 6) is 0.801. The monoisotopic (exact) mass is 443 g/mol. The highest BCUT2D eigenvalue weighted by atomic mass is 19.4. The summed E-state index contributed by atoms with van der Waals surface area (Å²) in [6, 6.07) is 10.4. The van der Waals surface area contributed by atoms with E-state index in [1.165, 1.54) is 16.6 Å². The molecule has 0 atom stereocenters. The van der Waals surface area contributed by atoms with Crippen LogP contribution < -0.4 is 5.32 Å². The van der Waals surface area contributed by atoms with Gasteiger partial charge in [-0.3, -0.25) is 0 Å². The molecule has 1 fully saturated rings. The molecule has 0 aliphatic heterocycles. The fraction of sp³-hybridized carbons (Fsp3) is 0.435. The van der Waals surface area contributed by atoms with Gasteiger partial charge in [0.25, 0.3) is 0 Å². The van der Waals surface area contributed by atoms with Gasteiger partial charge in [-0.25, -0.2) is 9.50 Å². The van der Waals surface area contributed by atoms with E-state index in [2.05, 4.69) is 15.4 Å². The van der Waals surface area contributed by atoms with Crippen molar-refractivity contribution in [2.45, 2.75) is 57.3 Å².